The van der Waals surface area contributed by atoms with Gasteiger partial charge in [0.2, 0.25) is 0 Å². The van der Waals surface area contributed by atoms with E-state index in [1.807, 2.05) is 70.2 Å². The number of carbonyl (C=O) groups excluding carboxylic acids is 1. The van der Waals surface area contributed by atoms with E-state index in [-0.39, 0.29) is 5.91 Å². The minimum Gasteiger partial charge on any atom is -0.322 e. The molecule has 2 aromatic carbocycles. The smallest absolute Gasteiger partial charge is 0.275 e. The van der Waals surface area contributed by atoms with Crippen LogP contribution in [0.5, 0.6) is 0 Å². The first kappa shape index (κ1) is 22.0. The van der Waals surface area contributed by atoms with Crippen LogP contribution in [-0.2, 0) is 13.5 Å². The Balaban J connectivity index is 1.92. The minimum absolute atomic E-state index is 0.318. The summed E-state index contributed by atoms with van der Waals surface area (Å²) in [6.07, 6.45) is 0.828. The van der Waals surface area contributed by atoms with Crippen LogP contribution in [0.2, 0.25) is 0 Å². The van der Waals surface area contributed by atoms with E-state index in [0.717, 1.165) is 23.2 Å². The Morgan fingerprint density at radius 3 is 2.19 bits per heavy atom. The third-order valence-corrected chi connectivity index (χ3v) is 5.19. The number of carbonyl (C=O) groups is 1. The monoisotopic (exact) mass is 412 g/mol. The van der Waals surface area contributed by atoms with Crippen molar-refractivity contribution in [2.45, 2.75) is 34.1 Å². The topological polar surface area (TPSA) is 70.7 Å². The number of benzene rings is 2. The fraction of sp³-hybridized carbons (Fsp3) is 0.269. The highest BCUT2D eigenvalue weighted by molar-refractivity contribution is 5.95. The van der Waals surface area contributed by atoms with E-state index in [0.29, 0.717) is 17.0 Å². The second-order valence-electron chi connectivity index (χ2n) is 8.72. The summed E-state index contributed by atoms with van der Waals surface area (Å²) in [4.78, 5) is 12.8. The summed E-state index contributed by atoms with van der Waals surface area (Å²) in [6, 6.07) is 22.3. The Morgan fingerprint density at radius 1 is 1.06 bits per heavy atom. The highest BCUT2D eigenvalue weighted by Crippen LogP contribution is 2.31. The van der Waals surface area contributed by atoms with Gasteiger partial charge < -0.3 is 5.32 Å². The van der Waals surface area contributed by atoms with Crippen LogP contribution in [0.3, 0.4) is 0 Å². The molecule has 158 valence electrons. The zero-order valence-electron chi connectivity index (χ0n) is 18.7. The number of aryl methyl sites for hydroxylation is 2. The number of amides is 1. The van der Waals surface area contributed by atoms with Gasteiger partial charge in [0.15, 0.2) is 5.69 Å². The molecule has 0 radical (unpaired) electrons. The van der Waals surface area contributed by atoms with Crippen molar-refractivity contribution < 1.29 is 4.79 Å². The lowest BCUT2D eigenvalue weighted by Gasteiger charge is -2.25. The third kappa shape index (κ3) is 5.29. The summed E-state index contributed by atoms with van der Waals surface area (Å²) < 4.78 is 1.66. The van der Waals surface area contributed by atoms with Crippen molar-refractivity contribution in [2.24, 2.45) is 12.5 Å². The van der Waals surface area contributed by atoms with E-state index in [1.165, 1.54) is 5.56 Å². The molecule has 5 heteroatoms. The summed E-state index contributed by atoms with van der Waals surface area (Å²) in [6.45, 7) is 7.83. The van der Waals surface area contributed by atoms with Crippen molar-refractivity contribution in [1.29, 1.82) is 5.26 Å². The maximum absolute atomic E-state index is 12.8. The molecule has 31 heavy (non-hydrogen) atoms. The average Bonchev–Trinajstić information content (AvgIpc) is 3.07. The molecule has 5 nitrogen and oxygen atoms in total. The van der Waals surface area contributed by atoms with Gasteiger partial charge in [-0.15, -0.1) is 0 Å². The SMILES string of the molecule is Cc1cc(C(=O)NC(=C(C#N)c2ccc(Cc3ccccc3)cc2)C(C)(C)C)nn1C. The first-order valence-corrected chi connectivity index (χ1v) is 10.3. The second-order valence-corrected chi connectivity index (χ2v) is 8.72. The van der Waals surface area contributed by atoms with Crippen LogP contribution < -0.4 is 5.32 Å². The summed E-state index contributed by atoms with van der Waals surface area (Å²) in [5, 5.41) is 17.2. The van der Waals surface area contributed by atoms with Crippen molar-refractivity contribution >= 4 is 11.5 Å². The predicted octanol–water partition coefficient (Wildman–Crippen LogP) is 5.03. The fourth-order valence-corrected chi connectivity index (χ4v) is 3.36. The lowest BCUT2D eigenvalue weighted by Crippen LogP contribution is -2.31. The van der Waals surface area contributed by atoms with Crippen LogP contribution >= 0.6 is 0 Å². The van der Waals surface area contributed by atoms with Crippen molar-refractivity contribution in [1.82, 2.24) is 15.1 Å². The molecule has 0 unspecified atom stereocenters. The van der Waals surface area contributed by atoms with Gasteiger partial charge in [0, 0.05) is 23.9 Å². The van der Waals surface area contributed by atoms with E-state index < -0.39 is 5.41 Å². The quantitative estimate of drug-likeness (QED) is 0.598. The first-order valence-electron chi connectivity index (χ1n) is 10.3. The second kappa shape index (κ2) is 9.01. The first-order chi connectivity index (χ1) is 14.7. The van der Waals surface area contributed by atoms with Crippen LogP contribution in [0, 0.1) is 23.7 Å². The molecule has 0 atom stereocenters. The van der Waals surface area contributed by atoms with E-state index in [2.05, 4.69) is 28.6 Å². The summed E-state index contributed by atoms with van der Waals surface area (Å²) in [5.41, 5.74) is 5.00. The Kier molecular flexibility index (Phi) is 6.41. The van der Waals surface area contributed by atoms with Crippen LogP contribution in [0.25, 0.3) is 5.57 Å². The summed E-state index contributed by atoms with van der Waals surface area (Å²) >= 11 is 0. The van der Waals surface area contributed by atoms with Gasteiger partial charge in [0.1, 0.15) is 6.07 Å². The van der Waals surface area contributed by atoms with Crippen molar-refractivity contribution in [3.63, 3.8) is 0 Å². The standard InChI is InChI=1S/C26H28N4O/c1-18-15-23(29-30(18)5)25(31)28-24(26(2,3)4)22(17-27)21-13-11-20(12-14-21)16-19-9-7-6-8-10-19/h6-15H,16H2,1-5H3,(H,28,31). The number of nitriles is 1. The molecule has 0 saturated heterocycles. The Labute approximate surface area is 184 Å². The number of hydrogen-bond acceptors (Lipinski definition) is 3. The molecule has 1 N–H and O–H groups in total. The molecule has 0 aliphatic rings. The van der Waals surface area contributed by atoms with Gasteiger partial charge >= 0.3 is 0 Å². The molecule has 0 spiro atoms. The molecule has 0 bridgehead atoms. The van der Waals surface area contributed by atoms with Crippen molar-refractivity contribution in [3.05, 3.63) is 94.4 Å². The third-order valence-electron chi connectivity index (χ3n) is 5.19. The molecular formula is C26H28N4O. The van der Waals surface area contributed by atoms with Crippen molar-refractivity contribution in [2.75, 3.05) is 0 Å². The van der Waals surface area contributed by atoms with Gasteiger partial charge in [0.05, 0.1) is 5.57 Å². The number of nitrogens with one attached hydrogen (secondary N) is 1. The van der Waals surface area contributed by atoms with E-state index in [4.69, 9.17) is 0 Å². The van der Waals surface area contributed by atoms with Crippen molar-refractivity contribution in [3.8, 4) is 6.07 Å². The molecule has 1 heterocycles. The molecule has 1 aromatic heterocycles. The van der Waals surface area contributed by atoms with Gasteiger partial charge in [-0.3, -0.25) is 9.48 Å². The number of nitrogens with zero attached hydrogens (tertiary/aromatic N) is 3. The molecule has 0 aliphatic carbocycles. The number of hydrogen-bond donors (Lipinski definition) is 1. The molecule has 0 fully saturated rings. The minimum atomic E-state index is -0.437. The molecule has 3 aromatic rings. The van der Waals surface area contributed by atoms with E-state index >= 15 is 0 Å². The van der Waals surface area contributed by atoms with Crippen LogP contribution in [-0.4, -0.2) is 15.7 Å². The Hall–Kier alpha value is -3.65. The Morgan fingerprint density at radius 2 is 1.68 bits per heavy atom. The molecule has 1 amide bonds. The van der Waals surface area contributed by atoms with Gasteiger partial charge in [0.25, 0.3) is 5.91 Å². The summed E-state index contributed by atoms with van der Waals surface area (Å²) in [5.74, 6) is -0.318. The van der Waals surface area contributed by atoms with Crippen LogP contribution in [0.4, 0.5) is 0 Å². The maximum atomic E-state index is 12.8. The lowest BCUT2D eigenvalue weighted by atomic mass is 9.86. The molecule has 3 rings (SSSR count). The van der Waals surface area contributed by atoms with E-state index in [1.54, 1.807) is 17.8 Å². The molecular weight excluding hydrogens is 384 g/mol. The summed E-state index contributed by atoms with van der Waals surface area (Å²) in [7, 11) is 1.80. The van der Waals surface area contributed by atoms with E-state index in [9.17, 15) is 10.1 Å². The molecule has 0 saturated carbocycles. The van der Waals surface area contributed by atoms with Crippen LogP contribution in [0.15, 0.2) is 66.4 Å². The zero-order valence-corrected chi connectivity index (χ0v) is 18.7. The number of rotatable bonds is 5. The predicted molar refractivity (Wildman–Crippen MR) is 123 cm³/mol. The van der Waals surface area contributed by atoms with Gasteiger partial charge in [-0.05, 0) is 36.1 Å². The van der Waals surface area contributed by atoms with Crippen LogP contribution in [0.1, 0.15) is 53.6 Å². The average molecular weight is 413 g/mol. The highest BCUT2D eigenvalue weighted by Gasteiger charge is 2.26. The van der Waals surface area contributed by atoms with Gasteiger partial charge in [-0.1, -0.05) is 75.4 Å². The number of allylic oxidation sites excluding steroid dienone is 2. The molecule has 0 aliphatic heterocycles. The van der Waals surface area contributed by atoms with Gasteiger partial charge in [-0.2, -0.15) is 10.4 Å². The van der Waals surface area contributed by atoms with Gasteiger partial charge in [-0.25, -0.2) is 0 Å². The fourth-order valence-electron chi connectivity index (χ4n) is 3.36. The largest absolute Gasteiger partial charge is 0.322 e. The maximum Gasteiger partial charge on any atom is 0.275 e. The zero-order chi connectivity index (χ0) is 22.6. The highest BCUT2D eigenvalue weighted by atomic mass is 16.2. The Bertz CT molecular complexity index is 1120. The number of aromatic nitrogens is 2. The lowest BCUT2D eigenvalue weighted by molar-refractivity contribution is 0.0952. The normalized spacial score (nSPS) is 12.1.